The normalized spacial score (nSPS) is 19.1. The van der Waals surface area contributed by atoms with Crippen LogP contribution in [-0.2, 0) is 4.79 Å². The van der Waals surface area contributed by atoms with Crippen LogP contribution < -0.4 is 15.4 Å². The molecule has 4 rings (SSSR count). The summed E-state index contributed by atoms with van der Waals surface area (Å²) >= 11 is 0. The van der Waals surface area contributed by atoms with Gasteiger partial charge in [-0.2, -0.15) is 5.26 Å². The first-order chi connectivity index (χ1) is 14.0. The summed E-state index contributed by atoms with van der Waals surface area (Å²) in [7, 11) is 1.61. The second-order valence-corrected chi connectivity index (χ2v) is 7.42. The van der Waals surface area contributed by atoms with Gasteiger partial charge in [0, 0.05) is 23.4 Å². The van der Waals surface area contributed by atoms with Crippen molar-refractivity contribution in [1.82, 2.24) is 0 Å². The average molecular weight is 385 g/mol. The number of rotatable bonds is 3. The predicted octanol–water partition coefficient (Wildman–Crippen LogP) is 4.31. The van der Waals surface area contributed by atoms with Crippen LogP contribution in [-0.4, -0.2) is 12.9 Å². The number of nitriles is 1. The van der Waals surface area contributed by atoms with Crippen molar-refractivity contribution in [3.63, 3.8) is 0 Å². The standard InChI is InChI=1S/C24H23N3O2/c1-15-6-10-17(11-7-15)27-20-4-3-5-21(28)23(20)22(19(14-25)24(27)26)16-8-12-18(29-2)13-9-16/h6-13,22H,3-5,26H2,1-2H3/t22-/m0/s1. The summed E-state index contributed by atoms with van der Waals surface area (Å²) in [5, 5.41) is 10.0. The molecule has 29 heavy (non-hydrogen) atoms. The second-order valence-electron chi connectivity index (χ2n) is 7.42. The lowest BCUT2D eigenvalue weighted by Gasteiger charge is -2.39. The Kier molecular flexibility index (Phi) is 4.85. The number of nitrogens with two attached hydrogens (primary N) is 1. The van der Waals surface area contributed by atoms with Gasteiger partial charge in [-0.05, 0) is 49.6 Å². The van der Waals surface area contributed by atoms with E-state index in [4.69, 9.17) is 10.5 Å². The molecule has 1 atom stereocenters. The summed E-state index contributed by atoms with van der Waals surface area (Å²) in [6.07, 6.45) is 2.03. The molecule has 0 saturated heterocycles. The lowest BCUT2D eigenvalue weighted by molar-refractivity contribution is -0.116. The molecule has 0 bridgehead atoms. The molecule has 2 aliphatic rings. The van der Waals surface area contributed by atoms with E-state index < -0.39 is 5.92 Å². The Bertz CT molecular complexity index is 1060. The molecule has 0 fully saturated rings. The molecule has 0 radical (unpaired) electrons. The SMILES string of the molecule is COc1ccc([C@H]2C(C#N)=C(N)N(c3ccc(C)cc3)C3=C2C(=O)CCC3)cc1. The van der Waals surface area contributed by atoms with Gasteiger partial charge in [-0.25, -0.2) is 0 Å². The molecule has 2 aromatic rings. The smallest absolute Gasteiger partial charge is 0.161 e. The lowest BCUT2D eigenvalue weighted by Crippen LogP contribution is -2.38. The number of carbonyl (C=O) groups is 1. The highest BCUT2D eigenvalue weighted by Gasteiger charge is 2.40. The number of hydrogen-bond acceptors (Lipinski definition) is 5. The van der Waals surface area contributed by atoms with E-state index in [9.17, 15) is 10.1 Å². The van der Waals surface area contributed by atoms with Gasteiger partial charge in [-0.1, -0.05) is 29.8 Å². The van der Waals surface area contributed by atoms with Gasteiger partial charge in [0.1, 0.15) is 11.6 Å². The Labute approximate surface area is 170 Å². The molecule has 1 aliphatic carbocycles. The van der Waals surface area contributed by atoms with Crippen molar-refractivity contribution in [2.45, 2.75) is 32.1 Å². The van der Waals surface area contributed by atoms with Crippen molar-refractivity contribution in [2.75, 3.05) is 12.0 Å². The monoisotopic (exact) mass is 385 g/mol. The number of ketones is 1. The first-order valence-corrected chi connectivity index (χ1v) is 9.72. The largest absolute Gasteiger partial charge is 0.497 e. The Morgan fingerprint density at radius 3 is 2.41 bits per heavy atom. The molecule has 0 unspecified atom stereocenters. The maximum absolute atomic E-state index is 13.1. The van der Waals surface area contributed by atoms with E-state index in [1.165, 1.54) is 0 Å². The zero-order valence-corrected chi connectivity index (χ0v) is 16.6. The van der Waals surface area contributed by atoms with Crippen LogP contribution in [0.2, 0.25) is 0 Å². The number of allylic oxidation sites excluding steroid dienone is 3. The van der Waals surface area contributed by atoms with E-state index in [-0.39, 0.29) is 5.78 Å². The quantitative estimate of drug-likeness (QED) is 0.852. The van der Waals surface area contributed by atoms with Crippen LogP contribution in [0.1, 0.15) is 36.3 Å². The van der Waals surface area contributed by atoms with Crippen molar-refractivity contribution in [3.8, 4) is 11.8 Å². The summed E-state index contributed by atoms with van der Waals surface area (Å²) in [5.74, 6) is 0.760. The third-order valence-electron chi connectivity index (χ3n) is 5.65. The van der Waals surface area contributed by atoms with E-state index in [1.54, 1.807) is 7.11 Å². The minimum absolute atomic E-state index is 0.0874. The molecule has 0 saturated carbocycles. The van der Waals surface area contributed by atoms with Crippen molar-refractivity contribution >= 4 is 11.5 Å². The minimum Gasteiger partial charge on any atom is -0.497 e. The Morgan fingerprint density at radius 1 is 1.10 bits per heavy atom. The van der Waals surface area contributed by atoms with Crippen LogP contribution >= 0.6 is 0 Å². The molecule has 1 aliphatic heterocycles. The van der Waals surface area contributed by atoms with Crippen molar-refractivity contribution in [1.29, 1.82) is 5.26 Å². The van der Waals surface area contributed by atoms with Crippen LogP contribution in [0.25, 0.3) is 0 Å². The molecule has 0 spiro atoms. The van der Waals surface area contributed by atoms with Crippen LogP contribution in [0.15, 0.2) is 71.2 Å². The van der Waals surface area contributed by atoms with E-state index in [0.717, 1.165) is 41.1 Å². The molecular formula is C24H23N3O2. The highest BCUT2D eigenvalue weighted by atomic mass is 16.5. The number of aryl methyl sites for hydroxylation is 1. The van der Waals surface area contributed by atoms with Crippen LogP contribution in [0.5, 0.6) is 5.75 Å². The van der Waals surface area contributed by atoms with Gasteiger partial charge in [-0.15, -0.1) is 0 Å². The maximum Gasteiger partial charge on any atom is 0.161 e. The fraction of sp³-hybridized carbons (Fsp3) is 0.250. The number of anilines is 1. The zero-order chi connectivity index (χ0) is 20.5. The third kappa shape index (κ3) is 3.17. The Hall–Kier alpha value is -3.52. The molecule has 5 heteroatoms. The molecule has 0 amide bonds. The summed E-state index contributed by atoms with van der Waals surface area (Å²) in [5.41, 5.74) is 11.4. The van der Waals surface area contributed by atoms with Crippen molar-refractivity contribution in [3.05, 3.63) is 82.3 Å². The Morgan fingerprint density at radius 2 is 1.79 bits per heavy atom. The first-order valence-electron chi connectivity index (χ1n) is 9.72. The summed E-state index contributed by atoms with van der Waals surface area (Å²) in [6.45, 7) is 2.02. The molecule has 2 N–H and O–H groups in total. The molecule has 146 valence electrons. The average Bonchev–Trinajstić information content (AvgIpc) is 2.74. The third-order valence-corrected chi connectivity index (χ3v) is 5.65. The van der Waals surface area contributed by atoms with Crippen LogP contribution in [0.3, 0.4) is 0 Å². The van der Waals surface area contributed by atoms with E-state index in [1.807, 2.05) is 60.4 Å². The molecule has 1 heterocycles. The second kappa shape index (κ2) is 7.48. The van der Waals surface area contributed by atoms with Gasteiger partial charge in [-0.3, -0.25) is 9.69 Å². The molecule has 0 aromatic heterocycles. The Balaban J connectivity index is 1.92. The van der Waals surface area contributed by atoms with Gasteiger partial charge in [0.2, 0.25) is 0 Å². The molecule has 5 nitrogen and oxygen atoms in total. The van der Waals surface area contributed by atoms with Crippen LogP contribution in [0, 0.1) is 18.3 Å². The topological polar surface area (TPSA) is 79.3 Å². The van der Waals surface area contributed by atoms with Gasteiger partial charge in [0.25, 0.3) is 0 Å². The number of benzene rings is 2. The highest BCUT2D eigenvalue weighted by molar-refractivity contribution is 6.01. The van der Waals surface area contributed by atoms with Gasteiger partial charge in [0.05, 0.1) is 24.7 Å². The molecular weight excluding hydrogens is 362 g/mol. The lowest BCUT2D eigenvalue weighted by atomic mass is 9.75. The zero-order valence-electron chi connectivity index (χ0n) is 16.6. The number of ether oxygens (including phenoxy) is 1. The van der Waals surface area contributed by atoms with Gasteiger partial charge in [0.15, 0.2) is 5.78 Å². The van der Waals surface area contributed by atoms with Gasteiger partial charge >= 0.3 is 0 Å². The van der Waals surface area contributed by atoms with E-state index >= 15 is 0 Å². The minimum atomic E-state index is -0.449. The summed E-state index contributed by atoms with van der Waals surface area (Å²) in [6, 6.07) is 17.8. The van der Waals surface area contributed by atoms with E-state index in [2.05, 4.69) is 6.07 Å². The van der Waals surface area contributed by atoms with Crippen molar-refractivity contribution in [2.24, 2.45) is 5.73 Å². The fourth-order valence-electron chi connectivity index (χ4n) is 4.20. The number of Topliss-reactive ketones (excluding diaryl/α,β-unsaturated/α-hetero) is 1. The molecule has 2 aromatic carbocycles. The maximum atomic E-state index is 13.1. The van der Waals surface area contributed by atoms with Gasteiger partial charge < -0.3 is 10.5 Å². The van der Waals surface area contributed by atoms with Crippen molar-refractivity contribution < 1.29 is 9.53 Å². The highest BCUT2D eigenvalue weighted by Crippen LogP contribution is 2.46. The number of hydrogen-bond donors (Lipinski definition) is 1. The predicted molar refractivity (Wildman–Crippen MR) is 112 cm³/mol. The number of methoxy groups -OCH3 is 1. The first kappa shape index (κ1) is 18.8. The number of nitrogens with zero attached hydrogens (tertiary/aromatic N) is 2. The summed E-state index contributed by atoms with van der Waals surface area (Å²) in [4.78, 5) is 14.9. The summed E-state index contributed by atoms with van der Waals surface area (Å²) < 4.78 is 5.25. The fourth-order valence-corrected chi connectivity index (χ4v) is 4.20. The number of carbonyl (C=O) groups excluding carboxylic acids is 1. The van der Waals surface area contributed by atoms with E-state index in [0.29, 0.717) is 23.4 Å². The van der Waals surface area contributed by atoms with Crippen LogP contribution in [0.4, 0.5) is 5.69 Å².